The summed E-state index contributed by atoms with van der Waals surface area (Å²) in [6.07, 6.45) is 0. The van der Waals surface area contributed by atoms with E-state index in [-0.39, 0.29) is 37.6 Å². The van der Waals surface area contributed by atoms with Crippen molar-refractivity contribution in [3.63, 3.8) is 0 Å². The Kier molecular flexibility index (Phi) is 8.36. The molecule has 4 nitrogen and oxygen atoms in total. The average molecular weight is 190 g/mol. The number of nitrogens with one attached hydrogen (secondary N) is 1. The number of carboxylic acids is 1. The third-order valence-electron chi connectivity index (χ3n) is 0.858. The Morgan fingerprint density at radius 3 is 2.27 bits per heavy atom. The minimum atomic E-state index is -1.06. The van der Waals surface area contributed by atoms with Crippen LogP contribution in [0.25, 0.3) is 0 Å². The van der Waals surface area contributed by atoms with E-state index >= 15 is 0 Å². The zero-order valence-corrected chi connectivity index (χ0v) is 8.51. The van der Waals surface area contributed by atoms with Crippen molar-refractivity contribution in [3.8, 4) is 0 Å². The number of carboxylic acid groups (broad SMARTS) is 1. The van der Waals surface area contributed by atoms with Crippen molar-refractivity contribution < 1.29 is 17.5 Å². The van der Waals surface area contributed by atoms with Gasteiger partial charge in [0, 0.05) is 12.7 Å². The van der Waals surface area contributed by atoms with E-state index < -0.39 is 12.0 Å². The quantitative estimate of drug-likeness (QED) is 0.408. The van der Waals surface area contributed by atoms with Crippen LogP contribution < -0.4 is 5.32 Å². The summed E-state index contributed by atoms with van der Waals surface area (Å²) in [5.74, 6) is -1.32. The Hall–Kier alpha value is 0.0562. The number of carbonyl (C=O) groups excluding carboxylic acids is 1. The Morgan fingerprint density at radius 1 is 1.73 bits per heavy atom. The SMILES string of the molecule is CC(=O)NC(CS)C(=O)O.[H-].[H-].[Mg+2]. The van der Waals surface area contributed by atoms with Gasteiger partial charge in [-0.2, -0.15) is 12.6 Å². The van der Waals surface area contributed by atoms with E-state index in [0.29, 0.717) is 0 Å². The molecule has 0 aliphatic carbocycles. The Balaban J connectivity index is -0.000000135. The van der Waals surface area contributed by atoms with E-state index in [1.165, 1.54) is 6.92 Å². The van der Waals surface area contributed by atoms with Crippen molar-refractivity contribution in [2.45, 2.75) is 13.0 Å². The molecule has 1 unspecified atom stereocenters. The number of carbonyl (C=O) groups is 2. The molecule has 0 rings (SSSR count). The molecule has 0 aromatic carbocycles. The van der Waals surface area contributed by atoms with Crippen LogP contribution in [0.15, 0.2) is 0 Å². The van der Waals surface area contributed by atoms with Gasteiger partial charge in [0.25, 0.3) is 0 Å². The summed E-state index contributed by atoms with van der Waals surface area (Å²) in [4.78, 5) is 20.5. The zero-order valence-electron chi connectivity index (χ0n) is 8.20. The standard InChI is InChI=1S/C5H9NO3S.Mg.2H/c1-3(7)6-4(2-10)5(8)9;;;/h4,10H,2H2,1H3,(H,6,7)(H,8,9);;;/q;+2;2*-1. The van der Waals surface area contributed by atoms with Crippen LogP contribution in [0.2, 0.25) is 0 Å². The second-order valence-electron chi connectivity index (χ2n) is 1.77. The van der Waals surface area contributed by atoms with Gasteiger partial charge in [0.2, 0.25) is 5.91 Å². The van der Waals surface area contributed by atoms with Crippen LogP contribution in [0.3, 0.4) is 0 Å². The molecule has 6 heteroatoms. The summed E-state index contributed by atoms with van der Waals surface area (Å²) in [5.41, 5.74) is 0. The molecule has 0 radical (unpaired) electrons. The summed E-state index contributed by atoms with van der Waals surface area (Å²) < 4.78 is 0. The molecule has 0 saturated carbocycles. The van der Waals surface area contributed by atoms with Crippen LogP contribution in [0.5, 0.6) is 0 Å². The van der Waals surface area contributed by atoms with Crippen LogP contribution in [0, 0.1) is 0 Å². The molecule has 0 spiro atoms. The molecule has 62 valence electrons. The summed E-state index contributed by atoms with van der Waals surface area (Å²) >= 11 is 3.73. The molecule has 2 N–H and O–H groups in total. The van der Waals surface area contributed by atoms with Crippen LogP contribution in [-0.4, -0.2) is 51.8 Å². The van der Waals surface area contributed by atoms with Crippen LogP contribution in [0.1, 0.15) is 9.78 Å². The van der Waals surface area contributed by atoms with Gasteiger partial charge in [-0.05, 0) is 0 Å². The predicted octanol–water partition coefficient (Wildman–Crippen LogP) is -0.650. The molecule has 0 aliphatic rings. The molecule has 0 saturated heterocycles. The van der Waals surface area contributed by atoms with Gasteiger partial charge in [0.1, 0.15) is 6.04 Å². The molecule has 0 fully saturated rings. The number of hydrogen-bond acceptors (Lipinski definition) is 3. The van der Waals surface area contributed by atoms with Gasteiger partial charge in [-0.1, -0.05) is 0 Å². The van der Waals surface area contributed by atoms with Crippen molar-refractivity contribution >= 4 is 47.6 Å². The molecule has 1 atom stereocenters. The molecular weight excluding hydrogens is 178 g/mol. The van der Waals surface area contributed by atoms with Gasteiger partial charge in [-0.3, -0.25) is 4.79 Å². The normalized spacial score (nSPS) is 11.1. The number of hydrogen-bond donors (Lipinski definition) is 3. The van der Waals surface area contributed by atoms with E-state index in [2.05, 4.69) is 17.9 Å². The van der Waals surface area contributed by atoms with Gasteiger partial charge in [0.15, 0.2) is 0 Å². The minimum absolute atomic E-state index is 0. The van der Waals surface area contributed by atoms with E-state index in [1.807, 2.05) is 0 Å². The Bertz CT molecular complexity index is 161. The monoisotopic (exact) mass is 189 g/mol. The number of thiol groups is 1. The molecule has 0 aromatic heterocycles. The Morgan fingerprint density at radius 2 is 2.18 bits per heavy atom. The maximum absolute atomic E-state index is 10.3. The van der Waals surface area contributed by atoms with E-state index in [9.17, 15) is 9.59 Å². The second-order valence-corrected chi connectivity index (χ2v) is 2.14. The Labute approximate surface area is 89.3 Å². The summed E-state index contributed by atoms with van der Waals surface area (Å²) in [7, 11) is 0. The fourth-order valence-electron chi connectivity index (χ4n) is 0.431. The predicted molar refractivity (Wildman–Crippen MR) is 47.1 cm³/mol. The van der Waals surface area contributed by atoms with E-state index in [4.69, 9.17) is 5.11 Å². The van der Waals surface area contributed by atoms with Crippen molar-refractivity contribution in [3.05, 3.63) is 0 Å². The summed E-state index contributed by atoms with van der Waals surface area (Å²) in [6, 6.07) is -0.874. The molecule has 0 aromatic rings. The van der Waals surface area contributed by atoms with Gasteiger partial charge in [0.05, 0.1) is 0 Å². The average Bonchev–Trinajstić information content (AvgIpc) is 1.81. The molecule has 0 bridgehead atoms. The molecular formula is C5H11MgNO3S. The first-order valence-electron chi connectivity index (χ1n) is 2.68. The van der Waals surface area contributed by atoms with Crippen LogP contribution in [0.4, 0.5) is 0 Å². The first-order chi connectivity index (χ1) is 4.57. The molecule has 0 heterocycles. The maximum Gasteiger partial charge on any atom is 2.00 e. The first kappa shape index (κ1) is 13.6. The van der Waals surface area contributed by atoms with Gasteiger partial charge in [-0.15, -0.1) is 0 Å². The summed E-state index contributed by atoms with van der Waals surface area (Å²) in [5, 5.41) is 10.6. The van der Waals surface area contributed by atoms with E-state index in [1.54, 1.807) is 0 Å². The maximum atomic E-state index is 10.3. The second kappa shape index (κ2) is 6.75. The fraction of sp³-hybridized carbons (Fsp3) is 0.600. The van der Waals surface area contributed by atoms with Gasteiger partial charge < -0.3 is 13.3 Å². The van der Waals surface area contributed by atoms with Gasteiger partial charge in [-0.25, -0.2) is 4.79 Å². The largest absolute Gasteiger partial charge is 2.00 e. The first-order valence-corrected chi connectivity index (χ1v) is 3.32. The number of amides is 1. The van der Waals surface area contributed by atoms with E-state index in [0.717, 1.165) is 0 Å². The topological polar surface area (TPSA) is 66.4 Å². The van der Waals surface area contributed by atoms with Crippen molar-refractivity contribution in [1.29, 1.82) is 0 Å². The molecule has 0 aliphatic heterocycles. The fourth-order valence-corrected chi connectivity index (χ4v) is 0.678. The smallest absolute Gasteiger partial charge is 1.00 e. The molecule has 11 heavy (non-hydrogen) atoms. The van der Waals surface area contributed by atoms with Crippen LogP contribution >= 0.6 is 12.6 Å². The van der Waals surface area contributed by atoms with Crippen molar-refractivity contribution in [1.82, 2.24) is 5.32 Å². The van der Waals surface area contributed by atoms with Crippen LogP contribution in [-0.2, 0) is 9.59 Å². The zero-order chi connectivity index (χ0) is 8.15. The van der Waals surface area contributed by atoms with Crippen molar-refractivity contribution in [2.75, 3.05) is 5.75 Å². The number of aliphatic carboxylic acids is 1. The molecule has 1 amide bonds. The van der Waals surface area contributed by atoms with Gasteiger partial charge >= 0.3 is 29.0 Å². The minimum Gasteiger partial charge on any atom is -1.00 e. The van der Waals surface area contributed by atoms with Crippen molar-refractivity contribution in [2.24, 2.45) is 0 Å². The third kappa shape index (κ3) is 6.45. The number of rotatable bonds is 3. The summed E-state index contributed by atoms with van der Waals surface area (Å²) in [6.45, 7) is 1.26. The third-order valence-corrected chi connectivity index (χ3v) is 1.22.